The van der Waals surface area contributed by atoms with E-state index in [1.165, 1.54) is 16.7 Å². The number of carbonyl (C=O) groups excluding carboxylic acids is 1. The number of hydrogen-bond donors (Lipinski definition) is 1. The number of rotatable bonds is 7. The minimum absolute atomic E-state index is 0.0574. The molecule has 1 N–H and O–H groups in total. The zero-order chi connectivity index (χ0) is 17.5. The molecular weight excluding hydrogens is 384 g/mol. The largest absolute Gasteiger partial charge is 0.351 e. The Balaban J connectivity index is 1.87. The van der Waals surface area contributed by atoms with Gasteiger partial charge in [0.1, 0.15) is 0 Å². The van der Waals surface area contributed by atoms with Crippen LogP contribution in [0.4, 0.5) is 0 Å². The van der Waals surface area contributed by atoms with E-state index >= 15 is 0 Å². The number of hydrogen-bond acceptors (Lipinski definition) is 3. The number of carbonyl (C=O) groups is 1. The Bertz CT molecular complexity index is 704. The lowest BCUT2D eigenvalue weighted by molar-refractivity contribution is -0.118. The lowest BCUT2D eigenvalue weighted by Crippen LogP contribution is -2.25. The van der Waals surface area contributed by atoms with Crippen molar-refractivity contribution in [1.82, 2.24) is 10.2 Å². The van der Waals surface area contributed by atoms with Crippen LogP contribution in [0.15, 0.2) is 51.8 Å². The van der Waals surface area contributed by atoms with Gasteiger partial charge in [-0.15, -0.1) is 11.8 Å². The van der Waals surface area contributed by atoms with Crippen molar-refractivity contribution < 1.29 is 4.79 Å². The lowest BCUT2D eigenvalue weighted by atomic mass is 10.1. The van der Waals surface area contributed by atoms with Gasteiger partial charge in [0.05, 0.1) is 5.75 Å². The first-order chi connectivity index (χ1) is 11.5. The van der Waals surface area contributed by atoms with Gasteiger partial charge in [-0.05, 0) is 55.9 Å². The molecular formula is C19H23BrN2OS. The number of aryl methyl sites for hydroxylation is 1. The molecule has 0 fully saturated rings. The molecule has 0 saturated carbocycles. The summed E-state index contributed by atoms with van der Waals surface area (Å²) in [6.45, 7) is 3.50. The highest BCUT2D eigenvalue weighted by molar-refractivity contribution is 9.10. The first-order valence-corrected chi connectivity index (χ1v) is 9.60. The molecule has 2 rings (SSSR count). The van der Waals surface area contributed by atoms with E-state index in [1.807, 2.05) is 38.4 Å². The highest BCUT2D eigenvalue weighted by Gasteiger charge is 2.07. The van der Waals surface area contributed by atoms with E-state index in [-0.39, 0.29) is 5.91 Å². The SMILES string of the molecule is Cc1cc(Br)ccc1SCC(=O)NCc1ccccc1CN(C)C. The minimum Gasteiger partial charge on any atom is -0.351 e. The molecule has 3 nitrogen and oxygen atoms in total. The first kappa shape index (κ1) is 19.0. The second kappa shape index (κ2) is 9.25. The summed E-state index contributed by atoms with van der Waals surface area (Å²) in [6, 6.07) is 14.4. The Morgan fingerprint density at radius 1 is 1.17 bits per heavy atom. The molecule has 0 saturated heterocycles. The van der Waals surface area contributed by atoms with Crippen molar-refractivity contribution in [3.63, 3.8) is 0 Å². The van der Waals surface area contributed by atoms with Gasteiger partial charge in [-0.3, -0.25) is 4.79 Å². The summed E-state index contributed by atoms with van der Waals surface area (Å²) in [5.41, 5.74) is 3.60. The molecule has 0 aliphatic carbocycles. The summed E-state index contributed by atoms with van der Waals surface area (Å²) >= 11 is 5.03. The monoisotopic (exact) mass is 406 g/mol. The highest BCUT2D eigenvalue weighted by Crippen LogP contribution is 2.25. The van der Waals surface area contributed by atoms with Crippen LogP contribution in [0, 0.1) is 6.92 Å². The molecule has 5 heteroatoms. The van der Waals surface area contributed by atoms with Gasteiger partial charge in [0, 0.05) is 22.5 Å². The van der Waals surface area contributed by atoms with Gasteiger partial charge in [0.2, 0.25) is 5.91 Å². The molecule has 2 aromatic rings. The molecule has 128 valence electrons. The third kappa shape index (κ3) is 5.96. The second-order valence-electron chi connectivity index (χ2n) is 5.98. The van der Waals surface area contributed by atoms with Gasteiger partial charge >= 0.3 is 0 Å². The Morgan fingerprint density at radius 3 is 2.54 bits per heavy atom. The Morgan fingerprint density at radius 2 is 1.88 bits per heavy atom. The highest BCUT2D eigenvalue weighted by atomic mass is 79.9. The van der Waals surface area contributed by atoms with Crippen LogP contribution < -0.4 is 5.32 Å². The molecule has 0 unspecified atom stereocenters. The average Bonchev–Trinajstić information content (AvgIpc) is 2.52. The smallest absolute Gasteiger partial charge is 0.230 e. The Hall–Kier alpha value is -1.30. The van der Waals surface area contributed by atoms with E-state index in [2.05, 4.69) is 51.3 Å². The molecule has 0 atom stereocenters. The van der Waals surface area contributed by atoms with Crippen molar-refractivity contribution in [2.45, 2.75) is 24.9 Å². The van der Waals surface area contributed by atoms with Crippen molar-refractivity contribution in [3.05, 3.63) is 63.6 Å². The number of amides is 1. The molecule has 0 radical (unpaired) electrons. The summed E-state index contributed by atoms with van der Waals surface area (Å²) in [5, 5.41) is 3.03. The zero-order valence-corrected chi connectivity index (χ0v) is 16.7. The topological polar surface area (TPSA) is 32.3 Å². The maximum absolute atomic E-state index is 12.1. The summed E-state index contributed by atoms with van der Waals surface area (Å²) in [5.74, 6) is 0.486. The van der Waals surface area contributed by atoms with Crippen LogP contribution in [-0.2, 0) is 17.9 Å². The van der Waals surface area contributed by atoms with E-state index in [4.69, 9.17) is 0 Å². The van der Waals surface area contributed by atoms with Crippen LogP contribution in [0.25, 0.3) is 0 Å². The van der Waals surface area contributed by atoms with Gasteiger partial charge in [-0.25, -0.2) is 0 Å². The normalized spacial score (nSPS) is 10.9. The number of thioether (sulfide) groups is 1. The van der Waals surface area contributed by atoms with Crippen molar-refractivity contribution >= 4 is 33.6 Å². The van der Waals surface area contributed by atoms with Crippen LogP contribution in [0.5, 0.6) is 0 Å². The predicted molar refractivity (Wildman–Crippen MR) is 105 cm³/mol. The third-order valence-electron chi connectivity index (χ3n) is 3.58. The summed E-state index contributed by atoms with van der Waals surface area (Å²) in [6.07, 6.45) is 0. The van der Waals surface area contributed by atoms with Crippen molar-refractivity contribution in [2.75, 3.05) is 19.8 Å². The third-order valence-corrected chi connectivity index (χ3v) is 5.25. The maximum atomic E-state index is 12.1. The van der Waals surface area contributed by atoms with E-state index < -0.39 is 0 Å². The molecule has 0 aliphatic heterocycles. The van der Waals surface area contributed by atoms with E-state index in [0.717, 1.165) is 15.9 Å². The number of nitrogens with zero attached hydrogens (tertiary/aromatic N) is 1. The second-order valence-corrected chi connectivity index (χ2v) is 7.91. The predicted octanol–water partition coefficient (Wildman–Crippen LogP) is 4.23. The lowest BCUT2D eigenvalue weighted by Gasteiger charge is -2.14. The Labute approximate surface area is 157 Å². The Kier molecular flexibility index (Phi) is 7.34. The maximum Gasteiger partial charge on any atom is 0.230 e. The fourth-order valence-corrected chi connectivity index (χ4v) is 3.70. The van der Waals surface area contributed by atoms with Gasteiger partial charge in [-0.2, -0.15) is 0 Å². The molecule has 24 heavy (non-hydrogen) atoms. The molecule has 0 spiro atoms. The first-order valence-electron chi connectivity index (χ1n) is 7.83. The fraction of sp³-hybridized carbons (Fsp3) is 0.316. The van der Waals surface area contributed by atoms with E-state index in [9.17, 15) is 4.79 Å². The van der Waals surface area contributed by atoms with Crippen LogP contribution in [0.1, 0.15) is 16.7 Å². The molecule has 0 heterocycles. The van der Waals surface area contributed by atoms with Crippen molar-refractivity contribution in [1.29, 1.82) is 0 Å². The van der Waals surface area contributed by atoms with Gasteiger partial charge in [0.15, 0.2) is 0 Å². The van der Waals surface area contributed by atoms with Gasteiger partial charge in [0.25, 0.3) is 0 Å². The summed E-state index contributed by atoms with van der Waals surface area (Å²) < 4.78 is 1.06. The molecule has 0 aromatic heterocycles. The standard InChI is InChI=1S/C19H23BrN2OS/c1-14-10-17(20)8-9-18(14)24-13-19(23)21-11-15-6-4-5-7-16(15)12-22(2)3/h4-10H,11-13H2,1-3H3,(H,21,23). The van der Waals surface area contributed by atoms with Crippen LogP contribution >= 0.6 is 27.7 Å². The van der Waals surface area contributed by atoms with Crippen LogP contribution in [0.2, 0.25) is 0 Å². The zero-order valence-electron chi connectivity index (χ0n) is 14.3. The van der Waals surface area contributed by atoms with Crippen LogP contribution in [-0.4, -0.2) is 30.7 Å². The van der Waals surface area contributed by atoms with E-state index in [1.54, 1.807) is 11.8 Å². The molecule has 0 bridgehead atoms. The molecule has 2 aromatic carbocycles. The van der Waals surface area contributed by atoms with Gasteiger partial charge < -0.3 is 10.2 Å². The fourth-order valence-electron chi connectivity index (χ4n) is 2.39. The summed E-state index contributed by atoms with van der Waals surface area (Å²) in [7, 11) is 4.10. The molecule has 0 aliphatic rings. The average molecular weight is 407 g/mol. The van der Waals surface area contributed by atoms with Crippen molar-refractivity contribution in [2.24, 2.45) is 0 Å². The number of halogens is 1. The van der Waals surface area contributed by atoms with Crippen molar-refractivity contribution in [3.8, 4) is 0 Å². The summed E-state index contributed by atoms with van der Waals surface area (Å²) in [4.78, 5) is 15.4. The molecule has 1 amide bonds. The van der Waals surface area contributed by atoms with E-state index in [0.29, 0.717) is 12.3 Å². The number of benzene rings is 2. The minimum atomic E-state index is 0.0574. The quantitative estimate of drug-likeness (QED) is 0.698. The van der Waals surface area contributed by atoms with Crippen LogP contribution in [0.3, 0.4) is 0 Å². The number of nitrogens with one attached hydrogen (secondary N) is 1. The van der Waals surface area contributed by atoms with Gasteiger partial charge in [-0.1, -0.05) is 40.2 Å².